The molecule has 2 N–H and O–H groups in total. The van der Waals surface area contributed by atoms with Gasteiger partial charge in [-0.1, -0.05) is 0 Å². The first kappa shape index (κ1) is 16.9. The van der Waals surface area contributed by atoms with Crippen molar-refractivity contribution in [1.29, 1.82) is 0 Å². The molecule has 0 aliphatic carbocycles. The average Bonchev–Trinajstić information content (AvgIpc) is 2.89. The Labute approximate surface area is 137 Å². The number of hydrogen-bond acceptors (Lipinski definition) is 6. The number of nitrogens with zero attached hydrogens (tertiary/aromatic N) is 2. The lowest BCUT2D eigenvalue weighted by Gasteiger charge is -2.29. The van der Waals surface area contributed by atoms with E-state index < -0.39 is 33.7 Å². The summed E-state index contributed by atoms with van der Waals surface area (Å²) in [6.07, 6.45) is -1.23. The fraction of sp³-hybridized carbons (Fsp3) is 0.500. The van der Waals surface area contributed by atoms with Crippen molar-refractivity contribution in [2.24, 2.45) is 5.73 Å². The molecule has 2 aliphatic rings. The Bertz CT molecular complexity index is 734. The Kier molecular flexibility index (Phi) is 4.35. The summed E-state index contributed by atoms with van der Waals surface area (Å²) in [4.78, 5) is 14.2. The maximum Gasteiger partial charge on any atom is 0.414 e. The van der Waals surface area contributed by atoms with Crippen molar-refractivity contribution < 1.29 is 26.7 Å². The van der Waals surface area contributed by atoms with Crippen LogP contribution in [0, 0.1) is 11.6 Å². The summed E-state index contributed by atoms with van der Waals surface area (Å²) < 4.78 is 56.7. The van der Waals surface area contributed by atoms with Gasteiger partial charge in [0.1, 0.15) is 11.8 Å². The van der Waals surface area contributed by atoms with E-state index in [0.29, 0.717) is 0 Å². The highest BCUT2D eigenvalue weighted by Crippen LogP contribution is 2.31. The van der Waals surface area contributed by atoms with E-state index in [0.717, 1.165) is 17.0 Å². The van der Waals surface area contributed by atoms with Gasteiger partial charge in [0.15, 0.2) is 21.5 Å². The van der Waals surface area contributed by atoms with Gasteiger partial charge in [-0.25, -0.2) is 22.0 Å². The first-order valence-corrected chi connectivity index (χ1v) is 9.25. The van der Waals surface area contributed by atoms with Crippen LogP contribution in [0.3, 0.4) is 0 Å². The van der Waals surface area contributed by atoms with E-state index in [2.05, 4.69) is 0 Å². The number of sulfone groups is 1. The molecule has 0 spiro atoms. The summed E-state index contributed by atoms with van der Waals surface area (Å²) in [5, 5.41) is 0. The Morgan fingerprint density at radius 1 is 1.21 bits per heavy atom. The Balaban J connectivity index is 1.86. The molecule has 2 heterocycles. The highest BCUT2D eigenvalue weighted by molar-refractivity contribution is 7.91. The quantitative estimate of drug-likeness (QED) is 0.842. The van der Waals surface area contributed by atoms with Crippen molar-refractivity contribution in [2.45, 2.75) is 6.10 Å². The molecule has 1 aromatic carbocycles. The molecule has 0 bridgehead atoms. The number of rotatable bonds is 3. The van der Waals surface area contributed by atoms with E-state index >= 15 is 0 Å². The van der Waals surface area contributed by atoms with Crippen LogP contribution < -0.4 is 15.5 Å². The summed E-state index contributed by atoms with van der Waals surface area (Å²) in [5.74, 6) is -2.00. The molecule has 10 heteroatoms. The van der Waals surface area contributed by atoms with Gasteiger partial charge < -0.3 is 15.4 Å². The highest BCUT2D eigenvalue weighted by Gasteiger charge is 2.33. The molecular formula is C14H17F2N3O4S. The smallest absolute Gasteiger partial charge is 0.414 e. The SMILES string of the molecule is NC[C@H]1CN(c2cc(F)c(N3CCS(=O)(=O)CC3)c(F)c2)C(=O)O1. The van der Waals surface area contributed by atoms with Crippen LogP contribution in [-0.4, -0.2) is 58.3 Å². The Hall–Kier alpha value is -1.94. The molecule has 1 amide bonds. The first-order chi connectivity index (χ1) is 11.3. The van der Waals surface area contributed by atoms with Crippen LogP contribution in [0.4, 0.5) is 25.0 Å². The number of halogens is 2. The molecular weight excluding hydrogens is 344 g/mol. The van der Waals surface area contributed by atoms with E-state index in [-0.39, 0.29) is 49.1 Å². The monoisotopic (exact) mass is 361 g/mol. The maximum atomic E-state index is 14.4. The van der Waals surface area contributed by atoms with Crippen molar-refractivity contribution >= 4 is 27.3 Å². The minimum absolute atomic E-state index is 0.0243. The Morgan fingerprint density at radius 2 is 1.79 bits per heavy atom. The van der Waals surface area contributed by atoms with Crippen LogP contribution in [0.2, 0.25) is 0 Å². The van der Waals surface area contributed by atoms with E-state index in [4.69, 9.17) is 10.5 Å². The molecule has 1 aromatic rings. The van der Waals surface area contributed by atoms with Crippen LogP contribution in [0.25, 0.3) is 0 Å². The molecule has 0 unspecified atom stereocenters. The van der Waals surface area contributed by atoms with Crippen molar-refractivity contribution in [3.8, 4) is 0 Å². The summed E-state index contributed by atoms with van der Waals surface area (Å²) in [6, 6.07) is 2.09. The number of carbonyl (C=O) groups excluding carboxylic acids is 1. The summed E-state index contributed by atoms with van der Waals surface area (Å²) >= 11 is 0. The number of amides is 1. The van der Waals surface area contributed by atoms with Gasteiger partial charge in [0.2, 0.25) is 0 Å². The normalized spacial score (nSPS) is 23.5. The molecule has 0 radical (unpaired) electrons. The van der Waals surface area contributed by atoms with E-state index in [1.807, 2.05) is 0 Å². The van der Waals surface area contributed by atoms with Crippen molar-refractivity contribution in [2.75, 3.05) is 47.5 Å². The molecule has 2 fully saturated rings. The van der Waals surface area contributed by atoms with Crippen LogP contribution >= 0.6 is 0 Å². The van der Waals surface area contributed by atoms with Gasteiger partial charge in [-0.05, 0) is 0 Å². The van der Waals surface area contributed by atoms with E-state index in [9.17, 15) is 22.0 Å². The maximum absolute atomic E-state index is 14.4. The fourth-order valence-corrected chi connectivity index (χ4v) is 4.00. The van der Waals surface area contributed by atoms with Gasteiger partial charge in [0.05, 0.1) is 23.7 Å². The van der Waals surface area contributed by atoms with Gasteiger partial charge in [-0.2, -0.15) is 0 Å². The van der Waals surface area contributed by atoms with Crippen LogP contribution in [0.5, 0.6) is 0 Å². The largest absolute Gasteiger partial charge is 0.443 e. The van der Waals surface area contributed by atoms with E-state index in [1.54, 1.807) is 0 Å². The average molecular weight is 361 g/mol. The second kappa shape index (κ2) is 6.17. The third kappa shape index (κ3) is 3.16. The second-order valence-electron chi connectivity index (χ2n) is 5.75. The van der Waals surface area contributed by atoms with Crippen LogP contribution in [0.1, 0.15) is 0 Å². The standard InChI is InChI=1S/C14H17F2N3O4S/c15-11-5-9(19-8-10(7-17)23-14(19)20)6-12(16)13(11)18-1-3-24(21,22)4-2-18/h5-6,10H,1-4,7-8,17H2/t10-/m0/s1. The Morgan fingerprint density at radius 3 is 2.29 bits per heavy atom. The first-order valence-electron chi connectivity index (χ1n) is 7.43. The molecule has 1 atom stereocenters. The number of cyclic esters (lactones) is 1. The predicted octanol–water partition coefficient (Wildman–Crippen LogP) is 0.483. The zero-order valence-electron chi connectivity index (χ0n) is 12.7. The number of benzene rings is 1. The molecule has 0 saturated carbocycles. The second-order valence-corrected chi connectivity index (χ2v) is 8.05. The summed E-state index contributed by atoms with van der Waals surface area (Å²) in [7, 11) is -3.15. The third-order valence-corrected chi connectivity index (χ3v) is 5.72. The van der Waals surface area contributed by atoms with Crippen molar-refractivity contribution in [1.82, 2.24) is 0 Å². The predicted molar refractivity (Wildman–Crippen MR) is 83.9 cm³/mol. The highest BCUT2D eigenvalue weighted by atomic mass is 32.2. The zero-order valence-corrected chi connectivity index (χ0v) is 13.6. The fourth-order valence-electron chi connectivity index (χ4n) is 2.80. The number of hydrogen-bond donors (Lipinski definition) is 1. The minimum atomic E-state index is -3.15. The van der Waals surface area contributed by atoms with E-state index in [1.165, 1.54) is 4.90 Å². The number of carbonyl (C=O) groups is 1. The lowest BCUT2D eigenvalue weighted by molar-refractivity contribution is 0.145. The van der Waals surface area contributed by atoms with Crippen molar-refractivity contribution in [3.05, 3.63) is 23.8 Å². The van der Waals surface area contributed by atoms with Gasteiger partial charge >= 0.3 is 6.09 Å². The van der Waals surface area contributed by atoms with Gasteiger partial charge in [0, 0.05) is 31.8 Å². The minimum Gasteiger partial charge on any atom is -0.443 e. The summed E-state index contributed by atoms with van der Waals surface area (Å²) in [6.45, 7) is 0.288. The van der Waals surface area contributed by atoms with Crippen LogP contribution in [0.15, 0.2) is 12.1 Å². The van der Waals surface area contributed by atoms with Gasteiger partial charge in [0.25, 0.3) is 0 Å². The zero-order chi connectivity index (χ0) is 17.5. The number of nitrogens with two attached hydrogens (primary N) is 1. The molecule has 2 aliphatic heterocycles. The molecule has 3 rings (SSSR count). The lowest BCUT2D eigenvalue weighted by atomic mass is 10.2. The lowest BCUT2D eigenvalue weighted by Crippen LogP contribution is -2.41. The van der Waals surface area contributed by atoms with Gasteiger partial charge in [-0.15, -0.1) is 0 Å². The van der Waals surface area contributed by atoms with Gasteiger partial charge in [-0.3, -0.25) is 4.90 Å². The van der Waals surface area contributed by atoms with Crippen LogP contribution in [-0.2, 0) is 14.6 Å². The number of anilines is 2. The van der Waals surface area contributed by atoms with Crippen molar-refractivity contribution in [3.63, 3.8) is 0 Å². The molecule has 7 nitrogen and oxygen atoms in total. The topological polar surface area (TPSA) is 92.9 Å². The third-order valence-electron chi connectivity index (χ3n) is 4.11. The molecule has 0 aromatic heterocycles. The molecule has 24 heavy (non-hydrogen) atoms. The molecule has 132 valence electrons. The summed E-state index contributed by atoms with van der Waals surface area (Å²) in [5.41, 5.74) is 5.19. The molecule has 2 saturated heterocycles. The number of ether oxygens (including phenoxy) is 1.